The van der Waals surface area contributed by atoms with Crippen LogP contribution in [0.15, 0.2) is 36.7 Å². The first kappa shape index (κ1) is 14.6. The van der Waals surface area contributed by atoms with Gasteiger partial charge >= 0.3 is 0 Å². The van der Waals surface area contributed by atoms with E-state index in [9.17, 15) is 4.79 Å². The third kappa shape index (κ3) is 3.37. The van der Waals surface area contributed by atoms with Crippen molar-refractivity contribution in [2.45, 2.75) is 25.8 Å². The third-order valence-corrected chi connectivity index (χ3v) is 3.14. The molecule has 1 amide bonds. The summed E-state index contributed by atoms with van der Waals surface area (Å²) in [7, 11) is 0. The molecule has 1 aromatic heterocycles. The van der Waals surface area contributed by atoms with Gasteiger partial charge in [-0.3, -0.25) is 4.79 Å². The molecule has 0 unspecified atom stereocenters. The van der Waals surface area contributed by atoms with Crippen LogP contribution in [0.2, 0.25) is 5.02 Å². The van der Waals surface area contributed by atoms with Crippen LogP contribution in [0.1, 0.15) is 19.8 Å². The summed E-state index contributed by atoms with van der Waals surface area (Å²) in [6, 6.07) is 6.53. The monoisotopic (exact) mass is 292 g/mol. The highest BCUT2D eigenvalue weighted by Crippen LogP contribution is 2.24. The van der Waals surface area contributed by atoms with Crippen molar-refractivity contribution in [2.75, 3.05) is 5.32 Å². The van der Waals surface area contributed by atoms with Gasteiger partial charge in [0.15, 0.2) is 0 Å². The van der Waals surface area contributed by atoms with Gasteiger partial charge in [-0.2, -0.15) is 5.10 Å². The highest BCUT2D eigenvalue weighted by Gasteiger charge is 2.15. The number of amides is 1. The van der Waals surface area contributed by atoms with Crippen molar-refractivity contribution >= 4 is 23.2 Å². The molecule has 0 bridgehead atoms. The van der Waals surface area contributed by atoms with Crippen molar-refractivity contribution < 1.29 is 4.79 Å². The van der Waals surface area contributed by atoms with Crippen LogP contribution in [-0.2, 0) is 4.79 Å². The quantitative estimate of drug-likeness (QED) is 0.889. The van der Waals surface area contributed by atoms with Crippen LogP contribution in [0.25, 0.3) is 5.69 Å². The summed E-state index contributed by atoms with van der Waals surface area (Å²) in [6.07, 6.45) is 4.97. The third-order valence-electron chi connectivity index (χ3n) is 2.90. The van der Waals surface area contributed by atoms with E-state index < -0.39 is 6.04 Å². The number of nitrogens with two attached hydrogens (primary N) is 1. The summed E-state index contributed by atoms with van der Waals surface area (Å²) in [5, 5.41) is 7.51. The van der Waals surface area contributed by atoms with Crippen LogP contribution in [-0.4, -0.2) is 21.7 Å². The van der Waals surface area contributed by atoms with Crippen molar-refractivity contribution in [3.8, 4) is 5.69 Å². The molecular formula is C14H17ClN4O. The molecule has 0 radical (unpaired) electrons. The molecule has 6 heteroatoms. The van der Waals surface area contributed by atoms with E-state index in [1.807, 2.05) is 13.0 Å². The number of carbonyl (C=O) groups excluding carboxylic acids is 1. The Morgan fingerprint density at radius 2 is 2.35 bits per heavy atom. The molecule has 1 atom stereocenters. The lowest BCUT2D eigenvalue weighted by atomic mass is 10.1. The van der Waals surface area contributed by atoms with Crippen molar-refractivity contribution in [3.63, 3.8) is 0 Å². The Morgan fingerprint density at radius 3 is 3.00 bits per heavy atom. The summed E-state index contributed by atoms with van der Waals surface area (Å²) in [5.41, 5.74) is 7.16. The zero-order valence-corrected chi connectivity index (χ0v) is 12.0. The van der Waals surface area contributed by atoms with E-state index in [1.54, 1.807) is 35.3 Å². The smallest absolute Gasteiger partial charge is 0.241 e. The number of halogens is 1. The van der Waals surface area contributed by atoms with Gasteiger partial charge in [0.2, 0.25) is 5.91 Å². The molecule has 2 rings (SSSR count). The van der Waals surface area contributed by atoms with Crippen LogP contribution < -0.4 is 11.1 Å². The second kappa shape index (κ2) is 6.54. The van der Waals surface area contributed by atoms with Gasteiger partial charge in [0.25, 0.3) is 0 Å². The van der Waals surface area contributed by atoms with Crippen LogP contribution in [0.5, 0.6) is 0 Å². The lowest BCUT2D eigenvalue weighted by molar-refractivity contribution is -0.117. The average molecular weight is 293 g/mol. The molecule has 1 aromatic carbocycles. The summed E-state index contributed by atoms with van der Waals surface area (Å²) in [4.78, 5) is 12.0. The van der Waals surface area contributed by atoms with Gasteiger partial charge in [0, 0.05) is 17.4 Å². The van der Waals surface area contributed by atoms with Gasteiger partial charge in [0.1, 0.15) is 0 Å². The topological polar surface area (TPSA) is 72.9 Å². The highest BCUT2D eigenvalue weighted by molar-refractivity contribution is 6.31. The molecule has 20 heavy (non-hydrogen) atoms. The van der Waals surface area contributed by atoms with Crippen molar-refractivity contribution in [3.05, 3.63) is 41.7 Å². The number of benzene rings is 1. The Labute approximate surface area is 122 Å². The maximum absolute atomic E-state index is 12.0. The van der Waals surface area contributed by atoms with Crippen LogP contribution >= 0.6 is 11.6 Å². The second-order valence-corrected chi connectivity index (χ2v) is 4.93. The fraction of sp³-hybridized carbons (Fsp3) is 0.286. The lowest BCUT2D eigenvalue weighted by Gasteiger charge is -2.14. The Morgan fingerprint density at radius 1 is 1.55 bits per heavy atom. The molecule has 106 valence electrons. The molecule has 0 aliphatic heterocycles. The number of rotatable bonds is 5. The van der Waals surface area contributed by atoms with E-state index in [2.05, 4.69) is 10.4 Å². The van der Waals surface area contributed by atoms with Gasteiger partial charge in [-0.25, -0.2) is 4.68 Å². The molecule has 0 aliphatic rings. The number of nitrogens with one attached hydrogen (secondary N) is 1. The van der Waals surface area contributed by atoms with E-state index in [-0.39, 0.29) is 5.91 Å². The first-order chi connectivity index (χ1) is 9.61. The van der Waals surface area contributed by atoms with E-state index in [0.717, 1.165) is 12.1 Å². The number of anilines is 1. The Hall–Kier alpha value is -1.85. The first-order valence-electron chi connectivity index (χ1n) is 6.48. The molecule has 0 fully saturated rings. The fourth-order valence-corrected chi connectivity index (χ4v) is 2.06. The van der Waals surface area contributed by atoms with Crippen LogP contribution in [0.4, 0.5) is 5.69 Å². The average Bonchev–Trinajstić information content (AvgIpc) is 2.93. The maximum atomic E-state index is 12.0. The van der Waals surface area contributed by atoms with E-state index in [4.69, 9.17) is 17.3 Å². The SMILES string of the molecule is CCC[C@@H](N)C(=O)Nc1cc(Cl)ccc1-n1cccn1. The minimum atomic E-state index is -0.524. The Balaban J connectivity index is 2.26. The minimum absolute atomic E-state index is 0.220. The molecular weight excluding hydrogens is 276 g/mol. The number of hydrogen-bond donors (Lipinski definition) is 2. The van der Waals surface area contributed by atoms with Gasteiger partial charge < -0.3 is 11.1 Å². The van der Waals surface area contributed by atoms with E-state index >= 15 is 0 Å². The number of nitrogens with zero attached hydrogens (tertiary/aromatic N) is 2. The minimum Gasteiger partial charge on any atom is -0.323 e. The molecule has 5 nitrogen and oxygen atoms in total. The van der Waals surface area contributed by atoms with Crippen molar-refractivity contribution in [2.24, 2.45) is 5.73 Å². The molecule has 1 heterocycles. The Bertz CT molecular complexity index is 583. The number of hydrogen-bond acceptors (Lipinski definition) is 3. The van der Waals surface area contributed by atoms with Gasteiger partial charge in [-0.05, 0) is 30.7 Å². The van der Waals surface area contributed by atoms with Crippen LogP contribution in [0.3, 0.4) is 0 Å². The first-order valence-corrected chi connectivity index (χ1v) is 6.85. The lowest BCUT2D eigenvalue weighted by Crippen LogP contribution is -2.35. The van der Waals surface area contributed by atoms with Gasteiger partial charge in [-0.15, -0.1) is 0 Å². The summed E-state index contributed by atoms with van der Waals surface area (Å²) >= 11 is 5.99. The molecule has 0 spiro atoms. The van der Waals surface area contributed by atoms with Crippen molar-refractivity contribution in [1.29, 1.82) is 0 Å². The van der Waals surface area contributed by atoms with Gasteiger partial charge in [-0.1, -0.05) is 24.9 Å². The molecule has 0 aliphatic carbocycles. The molecule has 0 saturated heterocycles. The second-order valence-electron chi connectivity index (χ2n) is 4.50. The zero-order chi connectivity index (χ0) is 14.5. The largest absolute Gasteiger partial charge is 0.323 e. The van der Waals surface area contributed by atoms with Crippen LogP contribution in [0, 0.1) is 0 Å². The number of aromatic nitrogens is 2. The highest BCUT2D eigenvalue weighted by atomic mass is 35.5. The maximum Gasteiger partial charge on any atom is 0.241 e. The standard InChI is InChI=1S/C14H17ClN4O/c1-2-4-11(16)14(20)18-12-9-10(15)5-6-13(12)19-8-3-7-17-19/h3,5-9,11H,2,4,16H2,1H3,(H,18,20)/t11-/m1/s1. The zero-order valence-electron chi connectivity index (χ0n) is 11.2. The molecule has 3 N–H and O–H groups in total. The summed E-state index contributed by atoms with van der Waals surface area (Å²) in [5.74, 6) is -0.220. The summed E-state index contributed by atoms with van der Waals surface area (Å²) in [6.45, 7) is 1.99. The molecule has 0 saturated carbocycles. The fourth-order valence-electron chi connectivity index (χ4n) is 1.89. The van der Waals surface area contributed by atoms with E-state index in [0.29, 0.717) is 17.1 Å². The summed E-state index contributed by atoms with van der Waals surface area (Å²) < 4.78 is 1.66. The van der Waals surface area contributed by atoms with E-state index in [1.165, 1.54) is 0 Å². The number of carbonyl (C=O) groups is 1. The molecule has 2 aromatic rings. The van der Waals surface area contributed by atoms with Gasteiger partial charge in [0.05, 0.1) is 17.4 Å². The predicted molar refractivity (Wildman–Crippen MR) is 80.1 cm³/mol. The predicted octanol–water partition coefficient (Wildman–Crippen LogP) is 2.59. The Kier molecular flexibility index (Phi) is 4.76. The van der Waals surface area contributed by atoms with Crippen molar-refractivity contribution in [1.82, 2.24) is 9.78 Å². The normalized spacial score (nSPS) is 12.2.